The van der Waals surface area contributed by atoms with Crippen molar-refractivity contribution in [2.45, 2.75) is 6.92 Å². The molecule has 0 aliphatic carbocycles. The molecule has 0 saturated carbocycles. The molecule has 0 bridgehead atoms. The van der Waals surface area contributed by atoms with Gasteiger partial charge in [0.15, 0.2) is 22.7 Å². The number of hydrogen-bond donors (Lipinski definition) is 6. The maximum Gasteiger partial charge on any atom is 0.274 e. The van der Waals surface area contributed by atoms with Gasteiger partial charge in [-0.15, -0.1) is 6.42 Å². The smallest absolute Gasteiger partial charge is 0.274 e. The molecular formula is C90H63F5N16O12. The lowest BCUT2D eigenvalue weighted by Crippen LogP contribution is -2.16. The molecule has 0 atom stereocenters. The highest BCUT2D eigenvalue weighted by Crippen LogP contribution is 2.31. The number of nitriles is 1. The van der Waals surface area contributed by atoms with Crippen LogP contribution < -0.4 is 60.4 Å². The molecule has 7 aromatic heterocycles. The van der Waals surface area contributed by atoms with Crippen LogP contribution in [-0.4, -0.2) is 86.5 Å². The number of carbonyl (C=O) groups is 5. The van der Waals surface area contributed by atoms with Crippen molar-refractivity contribution < 1.29 is 74.3 Å². The van der Waals surface area contributed by atoms with E-state index in [4.69, 9.17) is 40.1 Å². The van der Waals surface area contributed by atoms with Crippen molar-refractivity contribution in [2.24, 2.45) is 0 Å². The van der Waals surface area contributed by atoms with Crippen molar-refractivity contribution in [2.75, 3.05) is 33.7 Å². The Morgan fingerprint density at radius 1 is 0.366 bits per heavy atom. The molecule has 6 N–H and O–H groups in total. The number of pyridine rings is 4. The Balaban J connectivity index is 0.000000150. The summed E-state index contributed by atoms with van der Waals surface area (Å²) in [4.78, 5) is 109. The fraction of sp³-hybridized carbons (Fsp3) is 0.0222. The van der Waals surface area contributed by atoms with Crippen molar-refractivity contribution in [3.05, 3.63) is 390 Å². The van der Waals surface area contributed by atoms with Gasteiger partial charge in [-0.1, -0.05) is 47.9 Å². The number of aryl methyl sites for hydroxylation is 1. The third-order valence-electron chi connectivity index (χ3n) is 15.8. The molecule has 28 nitrogen and oxygen atoms in total. The number of aromatic nitrogens is 10. The maximum atomic E-state index is 13.8. The first-order valence-corrected chi connectivity index (χ1v) is 36.0. The van der Waals surface area contributed by atoms with Gasteiger partial charge in [0.1, 0.15) is 105 Å². The fourth-order valence-electron chi connectivity index (χ4n) is 10.5. The molecule has 7 heterocycles. The summed E-state index contributed by atoms with van der Waals surface area (Å²) in [6.07, 6.45) is 25.6. The minimum atomic E-state index is -0.608. The van der Waals surface area contributed by atoms with Gasteiger partial charge in [-0.3, -0.25) is 43.7 Å². The summed E-state index contributed by atoms with van der Waals surface area (Å²) < 4.78 is 99.7. The molecule has 5 amide bonds. The van der Waals surface area contributed by atoms with E-state index < -0.39 is 46.8 Å². The van der Waals surface area contributed by atoms with Crippen LogP contribution in [0.5, 0.6) is 63.2 Å². The quantitative estimate of drug-likeness (QED) is 0.0287. The molecule has 123 heavy (non-hydrogen) atoms. The number of ether oxygens (including phenoxy) is 6. The minimum absolute atomic E-state index is 0.0608. The molecule has 0 unspecified atom stereocenters. The van der Waals surface area contributed by atoms with Gasteiger partial charge in [-0.25, -0.2) is 51.9 Å². The number of halogens is 5. The van der Waals surface area contributed by atoms with Gasteiger partial charge in [0, 0.05) is 136 Å². The molecular weight excluding hydrogens is 1590 g/mol. The third kappa shape index (κ3) is 27.7. The Kier molecular flexibility index (Phi) is 30.3. The topological polar surface area (TPSA) is 374 Å². The summed E-state index contributed by atoms with van der Waals surface area (Å²) in [7, 11) is 1.51. The Morgan fingerprint density at radius 2 is 0.789 bits per heavy atom. The molecule has 0 radical (unpaired) electrons. The first kappa shape index (κ1) is 86.1. The molecule has 0 spiro atoms. The van der Waals surface area contributed by atoms with Crippen LogP contribution in [0.1, 0.15) is 68.7 Å². The Hall–Kier alpha value is -17.8. The summed E-state index contributed by atoms with van der Waals surface area (Å²) >= 11 is 0. The lowest BCUT2D eigenvalue weighted by atomic mass is 10.1. The van der Waals surface area contributed by atoms with Crippen LogP contribution in [0, 0.1) is 59.7 Å². The fourth-order valence-corrected chi connectivity index (χ4v) is 10.5. The number of rotatable bonds is 21. The summed E-state index contributed by atoms with van der Waals surface area (Å²) in [6.45, 7) is 1.93. The van der Waals surface area contributed by atoms with Crippen LogP contribution in [0.15, 0.2) is 310 Å². The number of nitrogens with zero attached hydrogens (tertiary/aromatic N) is 10. The van der Waals surface area contributed by atoms with E-state index >= 15 is 0 Å². The summed E-state index contributed by atoms with van der Waals surface area (Å²) in [5.74, 6) is 1.54. The number of H-pyrrole nitrogens is 1. The molecule has 15 aromatic rings. The number of methoxy groups -OCH3 is 1. The van der Waals surface area contributed by atoms with E-state index in [1.165, 1.54) is 149 Å². The van der Waals surface area contributed by atoms with Crippen molar-refractivity contribution in [3.8, 4) is 81.7 Å². The van der Waals surface area contributed by atoms with Gasteiger partial charge in [-0.05, 0) is 110 Å². The van der Waals surface area contributed by atoms with Crippen LogP contribution in [0.2, 0.25) is 0 Å². The van der Waals surface area contributed by atoms with E-state index in [0.29, 0.717) is 79.6 Å². The summed E-state index contributed by atoms with van der Waals surface area (Å²) in [5, 5.41) is 22.4. The monoisotopic (exact) mass is 1650 g/mol. The van der Waals surface area contributed by atoms with Crippen LogP contribution in [0.4, 0.5) is 50.4 Å². The lowest BCUT2D eigenvalue weighted by Gasteiger charge is -2.10. The van der Waals surface area contributed by atoms with Gasteiger partial charge < -0.3 is 60.0 Å². The van der Waals surface area contributed by atoms with Crippen LogP contribution in [0.3, 0.4) is 0 Å². The van der Waals surface area contributed by atoms with E-state index in [0.717, 1.165) is 48.3 Å². The van der Waals surface area contributed by atoms with Gasteiger partial charge in [0.05, 0.1) is 80.7 Å². The summed E-state index contributed by atoms with van der Waals surface area (Å²) in [5.41, 5.74) is 4.88. The van der Waals surface area contributed by atoms with Crippen LogP contribution in [0.25, 0.3) is 0 Å². The molecule has 33 heteroatoms. The van der Waals surface area contributed by atoms with Crippen LogP contribution >= 0.6 is 0 Å². The summed E-state index contributed by atoms with van der Waals surface area (Å²) in [6, 6.07) is 55.6. The zero-order chi connectivity index (χ0) is 86.8. The molecule has 15 rings (SSSR count). The molecule has 0 aliphatic rings. The molecule has 0 fully saturated rings. The molecule has 610 valence electrons. The highest BCUT2D eigenvalue weighted by molar-refractivity contribution is 6.07. The minimum Gasteiger partial charge on any atom is -0.497 e. The molecule has 0 saturated heterocycles. The van der Waals surface area contributed by atoms with E-state index in [2.05, 4.69) is 82.3 Å². The van der Waals surface area contributed by atoms with Crippen molar-refractivity contribution in [1.82, 2.24) is 49.8 Å². The van der Waals surface area contributed by atoms with Gasteiger partial charge in [-0.2, -0.15) is 5.26 Å². The second kappa shape index (κ2) is 43.3. The third-order valence-corrected chi connectivity index (χ3v) is 15.8. The van der Waals surface area contributed by atoms with E-state index in [1.807, 2.05) is 31.2 Å². The van der Waals surface area contributed by atoms with Crippen molar-refractivity contribution >= 4 is 58.0 Å². The maximum absolute atomic E-state index is 13.8. The number of amides is 5. The number of carbonyl (C=O) groups excluding carboxylic acids is 5. The number of benzene rings is 8. The van der Waals surface area contributed by atoms with E-state index in [9.17, 15) is 50.7 Å². The normalized spacial score (nSPS) is 10.1. The largest absolute Gasteiger partial charge is 0.497 e. The van der Waals surface area contributed by atoms with Gasteiger partial charge in [0.2, 0.25) is 0 Å². The predicted molar refractivity (Wildman–Crippen MR) is 441 cm³/mol. The second-order valence-electron chi connectivity index (χ2n) is 25.1. The number of terminal acetylenes is 1. The van der Waals surface area contributed by atoms with Crippen molar-refractivity contribution in [1.29, 1.82) is 5.26 Å². The highest BCUT2D eigenvalue weighted by atomic mass is 19.1. The van der Waals surface area contributed by atoms with Crippen LogP contribution in [-0.2, 0) is 0 Å². The number of nitrogens with one attached hydrogen (secondary N) is 6. The Bertz CT molecular complexity index is 6400. The first-order chi connectivity index (χ1) is 59.6. The van der Waals surface area contributed by atoms with Gasteiger partial charge >= 0.3 is 0 Å². The Labute approximate surface area is 696 Å². The average Bonchev–Trinajstić information content (AvgIpc) is 0.860. The lowest BCUT2D eigenvalue weighted by molar-refractivity contribution is 0.101. The number of hydrogen-bond acceptors (Lipinski definition) is 22. The average molecular weight is 1660 g/mol. The first-order valence-electron chi connectivity index (χ1n) is 36.0. The predicted octanol–water partition coefficient (Wildman–Crippen LogP) is 17.8. The van der Waals surface area contributed by atoms with E-state index in [1.54, 1.807) is 103 Å². The standard InChI is InChI=1S/C20H13FN2O2.C19H15FN2O2.C18H14FN3O3.C17H10FN5O2.C16H11FN4O3/c1-2-14-5-3-6-15(9-14)20(24)23-17-7-4-8-18(11-17)25-19-10-16(21)12-22-13-19;1-13-4-2-5-14(8-13)19(23)22-16-6-3-7-17(10-16)24-18-9-15(20)11-21-12-18;1-24-15-4-2-3-12(5-15)18(23)22-14-6-13(19)7-16(8-14)25-17-9-20-11-21-10-17;18-12-1-2-22-16(5-12)17(24)23-13-3-11(7-19)4-14(6-13)25-15-8-20-10-21-9-15;17-10-3-11(21-16(23)15-6-12(22)1-2-20-15)5-13(4-10)24-14-7-18-9-19-8-14/h1,3-13H,(H,23,24);2-12H,1H3,(H,22,23);2-11H,1H3,(H,22,23);1-6,8-10H,(H,23,24);1-9H,(H,20,22)(H,21,23). The zero-order valence-electron chi connectivity index (χ0n) is 64.2. The zero-order valence-corrected chi connectivity index (χ0v) is 64.2. The molecule has 8 aromatic carbocycles. The Morgan fingerprint density at radius 3 is 1.28 bits per heavy atom. The molecule has 0 aliphatic heterocycles. The highest BCUT2D eigenvalue weighted by Gasteiger charge is 2.17. The second-order valence-corrected chi connectivity index (χ2v) is 25.1. The number of aromatic amines is 1. The van der Waals surface area contributed by atoms with Crippen molar-refractivity contribution in [3.63, 3.8) is 0 Å². The number of anilines is 5. The SMILES string of the molecule is C#Cc1cccc(C(=O)Nc2cccc(Oc3cncc(F)c3)c2)c1.COc1cccc(C(=O)Nc2cc(F)cc(Oc3cncnc3)c2)c1.Cc1cccc(C(=O)Nc2cccc(Oc3cncc(F)c3)c2)c1.N#Cc1cc(NC(=O)c2cc(F)ccn2)cc(Oc2cncnc2)c1.O=C(Nc1cc(F)cc(Oc2cncnc2)c1)c1cc(=O)cc[nH]1. The van der Waals surface area contributed by atoms with Gasteiger partial charge in [0.25, 0.3) is 29.5 Å². The van der Waals surface area contributed by atoms with E-state index in [-0.39, 0.29) is 68.6 Å².